The Labute approximate surface area is 184 Å². The van der Waals surface area contributed by atoms with E-state index in [0.717, 1.165) is 21.8 Å². The summed E-state index contributed by atoms with van der Waals surface area (Å²) in [5.41, 5.74) is 1.07. The van der Waals surface area contributed by atoms with Crippen LogP contribution in [0, 0.1) is 6.92 Å². The Morgan fingerprint density at radius 1 is 1.03 bits per heavy atom. The molecule has 0 fully saturated rings. The molecule has 164 valence electrons. The number of aryl methyl sites for hydroxylation is 1. The maximum Gasteiger partial charge on any atom is 0.250 e. The lowest BCUT2D eigenvalue weighted by Crippen LogP contribution is -2.28. The smallest absolute Gasteiger partial charge is 0.250 e. The normalized spacial score (nSPS) is 11.2. The summed E-state index contributed by atoms with van der Waals surface area (Å²) >= 11 is 1.12. The lowest BCUT2D eigenvalue weighted by Gasteiger charge is -2.09. The van der Waals surface area contributed by atoms with Crippen molar-refractivity contribution in [3.05, 3.63) is 53.3 Å². The molecule has 12 heteroatoms. The van der Waals surface area contributed by atoms with E-state index in [2.05, 4.69) is 35.6 Å². The first-order chi connectivity index (χ1) is 14.8. The van der Waals surface area contributed by atoms with Gasteiger partial charge in [0.25, 0.3) is 0 Å². The van der Waals surface area contributed by atoms with Crippen molar-refractivity contribution in [2.45, 2.75) is 24.6 Å². The van der Waals surface area contributed by atoms with E-state index in [-0.39, 0.29) is 16.7 Å². The molecule has 1 amide bonds. The summed E-state index contributed by atoms with van der Waals surface area (Å²) in [7, 11) is -3.62. The molecule has 0 saturated heterocycles. The second-order valence-corrected chi connectivity index (χ2v) is 9.75. The standard InChI is InChI=1S/C19H23N7O3S2/c1-13-5-6-20-17(9-13)26-18-10-16(23-12-24-18)21-7-8-25-31(28,29)19-4-3-15(30-19)11-22-14(2)27/h3-6,9-10,12,25H,7-8,11H2,1-2H3,(H,22,27)(H2,20,21,23,24,26). The van der Waals surface area contributed by atoms with Crippen LogP contribution in [-0.4, -0.2) is 42.4 Å². The molecule has 3 aromatic rings. The maximum atomic E-state index is 12.4. The zero-order valence-electron chi connectivity index (χ0n) is 17.0. The summed E-state index contributed by atoms with van der Waals surface area (Å²) in [5, 5.41) is 8.81. The zero-order chi connectivity index (χ0) is 22.3. The van der Waals surface area contributed by atoms with E-state index in [1.165, 1.54) is 19.3 Å². The van der Waals surface area contributed by atoms with Gasteiger partial charge < -0.3 is 16.0 Å². The van der Waals surface area contributed by atoms with E-state index in [1.807, 2.05) is 19.1 Å². The number of thiophene rings is 1. The Morgan fingerprint density at radius 3 is 2.58 bits per heavy atom. The van der Waals surface area contributed by atoms with Gasteiger partial charge in [-0.05, 0) is 36.8 Å². The van der Waals surface area contributed by atoms with Gasteiger partial charge in [0.05, 0.1) is 6.54 Å². The molecular weight excluding hydrogens is 438 g/mol. The molecule has 10 nitrogen and oxygen atoms in total. The predicted molar refractivity (Wildman–Crippen MR) is 120 cm³/mol. The number of pyridine rings is 1. The minimum Gasteiger partial charge on any atom is -0.369 e. The SMILES string of the molecule is CC(=O)NCc1ccc(S(=O)(=O)NCCNc2cc(Nc3cc(C)ccn3)ncn2)s1. The molecular formula is C19H23N7O3S2. The molecule has 0 spiro atoms. The molecule has 4 N–H and O–H groups in total. The largest absolute Gasteiger partial charge is 0.369 e. The Hall–Kier alpha value is -3.09. The fraction of sp³-hybridized carbons (Fsp3) is 0.263. The first-order valence-electron chi connectivity index (χ1n) is 9.40. The monoisotopic (exact) mass is 461 g/mol. The van der Waals surface area contributed by atoms with Crippen LogP contribution in [-0.2, 0) is 21.4 Å². The van der Waals surface area contributed by atoms with Gasteiger partial charge in [0, 0.05) is 37.2 Å². The van der Waals surface area contributed by atoms with Crippen LogP contribution in [0.3, 0.4) is 0 Å². The number of nitrogens with one attached hydrogen (secondary N) is 4. The molecule has 0 aliphatic carbocycles. The second-order valence-electron chi connectivity index (χ2n) is 6.59. The number of hydrogen-bond acceptors (Lipinski definition) is 9. The van der Waals surface area contributed by atoms with Gasteiger partial charge in [0.2, 0.25) is 15.9 Å². The first kappa shape index (κ1) is 22.6. The van der Waals surface area contributed by atoms with Crippen LogP contribution in [0.2, 0.25) is 0 Å². The fourth-order valence-electron chi connectivity index (χ4n) is 2.51. The van der Waals surface area contributed by atoms with E-state index in [1.54, 1.807) is 18.3 Å². The van der Waals surface area contributed by atoms with Crippen molar-refractivity contribution >= 4 is 44.7 Å². The number of carbonyl (C=O) groups excluding carboxylic acids is 1. The molecule has 3 rings (SSSR count). The average Bonchev–Trinajstić information content (AvgIpc) is 3.20. The number of anilines is 3. The highest BCUT2D eigenvalue weighted by Crippen LogP contribution is 2.21. The summed E-state index contributed by atoms with van der Waals surface area (Å²) in [4.78, 5) is 24.3. The molecule has 0 saturated carbocycles. The van der Waals surface area contributed by atoms with Crippen LogP contribution < -0.4 is 20.7 Å². The Bertz CT molecular complexity index is 1150. The number of hydrogen-bond donors (Lipinski definition) is 4. The zero-order valence-corrected chi connectivity index (χ0v) is 18.7. The summed E-state index contributed by atoms with van der Waals surface area (Å²) in [6.07, 6.45) is 3.12. The van der Waals surface area contributed by atoms with Crippen LogP contribution >= 0.6 is 11.3 Å². The number of aromatic nitrogens is 3. The van der Waals surface area contributed by atoms with Crippen LogP contribution in [0.1, 0.15) is 17.4 Å². The number of amides is 1. The highest BCUT2D eigenvalue weighted by atomic mass is 32.2. The van der Waals surface area contributed by atoms with Gasteiger partial charge in [0.1, 0.15) is 28.0 Å². The first-order valence-corrected chi connectivity index (χ1v) is 11.7. The van der Waals surface area contributed by atoms with Crippen molar-refractivity contribution in [3.63, 3.8) is 0 Å². The van der Waals surface area contributed by atoms with Gasteiger partial charge >= 0.3 is 0 Å². The molecule has 31 heavy (non-hydrogen) atoms. The van der Waals surface area contributed by atoms with Crippen LogP contribution in [0.5, 0.6) is 0 Å². The number of nitrogens with zero attached hydrogens (tertiary/aromatic N) is 3. The number of rotatable bonds is 10. The van der Waals surface area contributed by atoms with Gasteiger partial charge in [-0.2, -0.15) is 0 Å². The minimum atomic E-state index is -3.62. The van der Waals surface area contributed by atoms with Crippen LogP contribution in [0.15, 0.2) is 47.1 Å². The van der Waals surface area contributed by atoms with Crippen molar-refractivity contribution < 1.29 is 13.2 Å². The quantitative estimate of drug-likeness (QED) is 0.336. The number of carbonyl (C=O) groups is 1. The third-order valence-corrected chi connectivity index (χ3v) is 7.01. The highest BCUT2D eigenvalue weighted by Gasteiger charge is 2.16. The van der Waals surface area contributed by atoms with Gasteiger partial charge in [-0.25, -0.2) is 28.1 Å². The van der Waals surface area contributed by atoms with Crippen molar-refractivity contribution in [2.75, 3.05) is 23.7 Å². The molecule has 0 radical (unpaired) electrons. The second kappa shape index (κ2) is 10.3. The van der Waals surface area contributed by atoms with Gasteiger partial charge in [-0.1, -0.05) is 0 Å². The molecule has 0 bridgehead atoms. The lowest BCUT2D eigenvalue weighted by atomic mass is 10.3. The molecule has 3 heterocycles. The number of sulfonamides is 1. The lowest BCUT2D eigenvalue weighted by molar-refractivity contribution is -0.119. The predicted octanol–water partition coefficient (Wildman–Crippen LogP) is 2.01. The van der Waals surface area contributed by atoms with Crippen molar-refractivity contribution in [3.8, 4) is 0 Å². The van der Waals surface area contributed by atoms with E-state index >= 15 is 0 Å². The van der Waals surface area contributed by atoms with Crippen LogP contribution in [0.25, 0.3) is 0 Å². The highest BCUT2D eigenvalue weighted by molar-refractivity contribution is 7.91. The summed E-state index contributed by atoms with van der Waals surface area (Å²) in [5.74, 6) is 1.63. The van der Waals surface area contributed by atoms with Crippen molar-refractivity contribution in [1.82, 2.24) is 25.0 Å². The van der Waals surface area contributed by atoms with E-state index in [9.17, 15) is 13.2 Å². The third-order valence-electron chi connectivity index (χ3n) is 3.98. The Balaban J connectivity index is 1.49. The van der Waals surface area contributed by atoms with Crippen molar-refractivity contribution in [2.24, 2.45) is 0 Å². The van der Waals surface area contributed by atoms with Gasteiger partial charge in [-0.3, -0.25) is 4.79 Å². The Kier molecular flexibility index (Phi) is 7.50. The average molecular weight is 462 g/mol. The van der Waals surface area contributed by atoms with E-state index in [0.29, 0.717) is 30.5 Å². The topological polar surface area (TPSA) is 138 Å². The Morgan fingerprint density at radius 2 is 1.81 bits per heavy atom. The molecule has 3 aromatic heterocycles. The third kappa shape index (κ3) is 6.98. The summed E-state index contributed by atoms with van der Waals surface area (Å²) in [6.45, 7) is 4.20. The van der Waals surface area contributed by atoms with E-state index in [4.69, 9.17) is 0 Å². The van der Waals surface area contributed by atoms with Gasteiger partial charge in [0.15, 0.2) is 0 Å². The van der Waals surface area contributed by atoms with Crippen molar-refractivity contribution in [1.29, 1.82) is 0 Å². The van der Waals surface area contributed by atoms with Gasteiger partial charge in [-0.15, -0.1) is 11.3 Å². The summed E-state index contributed by atoms with van der Waals surface area (Å²) in [6, 6.07) is 8.73. The fourth-order valence-corrected chi connectivity index (χ4v) is 4.89. The molecule has 0 aliphatic rings. The molecule has 0 atom stereocenters. The molecule has 0 unspecified atom stereocenters. The molecule has 0 aromatic carbocycles. The van der Waals surface area contributed by atoms with Crippen LogP contribution in [0.4, 0.5) is 17.5 Å². The maximum absolute atomic E-state index is 12.4. The van der Waals surface area contributed by atoms with E-state index < -0.39 is 10.0 Å². The molecule has 0 aliphatic heterocycles. The minimum absolute atomic E-state index is 0.166. The summed E-state index contributed by atoms with van der Waals surface area (Å²) < 4.78 is 27.6.